The Morgan fingerprint density at radius 3 is 3.11 bits per heavy atom. The van der Waals surface area contributed by atoms with Crippen molar-refractivity contribution in [2.45, 2.75) is 38.3 Å². The van der Waals surface area contributed by atoms with Crippen LogP contribution >= 0.6 is 27.3 Å². The molecule has 0 saturated carbocycles. The zero-order valence-electron chi connectivity index (χ0n) is 11.2. The van der Waals surface area contributed by atoms with Crippen LogP contribution in [0, 0.1) is 0 Å². The van der Waals surface area contributed by atoms with Gasteiger partial charge in [0.2, 0.25) is 0 Å². The molecular weight excluding hydrogens is 322 g/mol. The maximum atomic E-state index is 4.40. The molecular formula is C14H18BrN3S. The lowest BCUT2D eigenvalue weighted by molar-refractivity contribution is 0.414. The number of rotatable bonds is 3. The molecule has 0 fully saturated rings. The molecule has 2 unspecified atom stereocenters. The van der Waals surface area contributed by atoms with E-state index in [9.17, 15) is 0 Å². The van der Waals surface area contributed by atoms with Crippen LogP contribution in [-0.2, 0) is 13.5 Å². The summed E-state index contributed by atoms with van der Waals surface area (Å²) in [4.78, 5) is 1.38. The molecule has 2 heterocycles. The fourth-order valence-corrected chi connectivity index (χ4v) is 4.26. The molecule has 0 radical (unpaired) electrons. The molecule has 102 valence electrons. The fraction of sp³-hybridized carbons (Fsp3) is 0.500. The quantitative estimate of drug-likeness (QED) is 0.916. The summed E-state index contributed by atoms with van der Waals surface area (Å²) in [6.07, 6.45) is 5.63. The van der Waals surface area contributed by atoms with Gasteiger partial charge in [-0.1, -0.05) is 0 Å². The van der Waals surface area contributed by atoms with Gasteiger partial charge in [-0.05, 0) is 54.2 Å². The number of fused-ring (bicyclic) bond motifs is 1. The van der Waals surface area contributed by atoms with Crippen LogP contribution in [0.25, 0.3) is 0 Å². The van der Waals surface area contributed by atoms with E-state index < -0.39 is 0 Å². The first-order valence-electron chi connectivity index (χ1n) is 6.67. The van der Waals surface area contributed by atoms with Crippen LogP contribution in [0.4, 0.5) is 0 Å². The smallest absolute Gasteiger partial charge is 0.0701 e. The minimum atomic E-state index is 0.382. The second kappa shape index (κ2) is 5.38. The third-order valence-electron chi connectivity index (χ3n) is 3.85. The Kier molecular flexibility index (Phi) is 3.78. The molecule has 0 aromatic carbocycles. The third-order valence-corrected chi connectivity index (χ3v) is 5.65. The minimum Gasteiger partial charge on any atom is -0.302 e. The number of aryl methyl sites for hydroxylation is 1. The summed E-state index contributed by atoms with van der Waals surface area (Å²) in [7, 11) is 2.04. The van der Waals surface area contributed by atoms with E-state index in [0.717, 1.165) is 6.42 Å². The summed E-state index contributed by atoms with van der Waals surface area (Å²) < 4.78 is 3.22. The lowest BCUT2D eigenvalue weighted by Gasteiger charge is -2.26. The van der Waals surface area contributed by atoms with E-state index in [4.69, 9.17) is 0 Å². The van der Waals surface area contributed by atoms with Crippen molar-refractivity contribution in [1.29, 1.82) is 0 Å². The molecule has 0 amide bonds. The molecule has 3 nitrogen and oxygen atoms in total. The first-order chi connectivity index (χ1) is 9.15. The Labute approximate surface area is 126 Å². The van der Waals surface area contributed by atoms with Crippen LogP contribution in [0.2, 0.25) is 0 Å². The van der Waals surface area contributed by atoms with Gasteiger partial charge in [0.05, 0.1) is 9.98 Å². The summed E-state index contributed by atoms with van der Waals surface area (Å²) in [5.74, 6) is 0. The largest absolute Gasteiger partial charge is 0.302 e. The molecule has 0 bridgehead atoms. The molecule has 2 atom stereocenters. The van der Waals surface area contributed by atoms with E-state index in [1.807, 2.05) is 17.9 Å². The molecule has 1 aliphatic carbocycles. The van der Waals surface area contributed by atoms with Crippen LogP contribution in [0.3, 0.4) is 0 Å². The second-order valence-corrected chi connectivity index (χ2v) is 7.64. The number of thiophene rings is 1. The average Bonchev–Trinajstić information content (AvgIpc) is 2.98. The summed E-state index contributed by atoms with van der Waals surface area (Å²) in [6.45, 7) is 2.24. The van der Waals surface area contributed by atoms with Crippen molar-refractivity contribution >= 4 is 27.3 Å². The zero-order chi connectivity index (χ0) is 13.4. The molecule has 2 aromatic heterocycles. The predicted octanol–water partition coefficient (Wildman–Crippen LogP) is 3.97. The summed E-state index contributed by atoms with van der Waals surface area (Å²) in [6, 6.07) is 5.13. The highest BCUT2D eigenvalue weighted by molar-refractivity contribution is 9.11. The number of nitrogens with one attached hydrogen (secondary N) is 1. The third kappa shape index (κ3) is 2.64. The van der Waals surface area contributed by atoms with Crippen LogP contribution in [0.1, 0.15) is 48.0 Å². The Hall–Kier alpha value is -0.650. The van der Waals surface area contributed by atoms with Crippen LogP contribution < -0.4 is 5.32 Å². The topological polar surface area (TPSA) is 29.9 Å². The molecule has 0 aliphatic heterocycles. The van der Waals surface area contributed by atoms with Gasteiger partial charge in [0, 0.05) is 35.3 Å². The average molecular weight is 340 g/mol. The Morgan fingerprint density at radius 2 is 2.37 bits per heavy atom. The first kappa shape index (κ1) is 13.3. The number of halogens is 1. The van der Waals surface area contributed by atoms with Gasteiger partial charge in [-0.15, -0.1) is 11.3 Å². The standard InChI is InChI=1S/C14H18BrN3S/c1-9(13-6-7-14(15)19-13)17-11-4-3-5-12-10(11)8-16-18(12)2/h6-9,11,17H,3-5H2,1-2H3. The monoisotopic (exact) mass is 339 g/mol. The zero-order valence-corrected chi connectivity index (χ0v) is 13.6. The van der Waals surface area contributed by atoms with Crippen molar-refractivity contribution in [3.8, 4) is 0 Å². The number of hydrogen-bond acceptors (Lipinski definition) is 3. The first-order valence-corrected chi connectivity index (χ1v) is 8.28. The summed E-state index contributed by atoms with van der Waals surface area (Å²) in [5, 5.41) is 8.16. The summed E-state index contributed by atoms with van der Waals surface area (Å²) in [5.41, 5.74) is 2.78. The van der Waals surface area contributed by atoms with Gasteiger partial charge in [-0.25, -0.2) is 0 Å². The highest BCUT2D eigenvalue weighted by Gasteiger charge is 2.24. The van der Waals surface area contributed by atoms with Gasteiger partial charge in [0.25, 0.3) is 0 Å². The number of aromatic nitrogens is 2. The highest BCUT2D eigenvalue weighted by atomic mass is 79.9. The highest BCUT2D eigenvalue weighted by Crippen LogP contribution is 2.33. The Balaban J connectivity index is 1.77. The van der Waals surface area contributed by atoms with E-state index >= 15 is 0 Å². The van der Waals surface area contributed by atoms with Crippen LogP contribution in [0.5, 0.6) is 0 Å². The molecule has 0 saturated heterocycles. The Bertz CT molecular complexity index is 575. The van der Waals surface area contributed by atoms with Crippen molar-refractivity contribution in [1.82, 2.24) is 15.1 Å². The van der Waals surface area contributed by atoms with Crippen molar-refractivity contribution in [3.63, 3.8) is 0 Å². The van der Waals surface area contributed by atoms with Crippen molar-refractivity contribution < 1.29 is 0 Å². The maximum absolute atomic E-state index is 4.40. The van der Waals surface area contributed by atoms with E-state index in [-0.39, 0.29) is 0 Å². The van der Waals surface area contributed by atoms with Gasteiger partial charge in [0.15, 0.2) is 0 Å². The van der Waals surface area contributed by atoms with Crippen molar-refractivity contribution in [3.05, 3.63) is 38.3 Å². The molecule has 3 rings (SSSR count). The van der Waals surface area contributed by atoms with Crippen molar-refractivity contribution in [2.75, 3.05) is 0 Å². The molecule has 1 aliphatic rings. The van der Waals surface area contributed by atoms with Crippen LogP contribution in [-0.4, -0.2) is 9.78 Å². The van der Waals surface area contributed by atoms with Gasteiger partial charge in [-0.2, -0.15) is 5.10 Å². The van der Waals surface area contributed by atoms with E-state index in [1.54, 1.807) is 11.3 Å². The van der Waals surface area contributed by atoms with Gasteiger partial charge < -0.3 is 5.32 Å². The molecule has 0 spiro atoms. The van der Waals surface area contributed by atoms with Gasteiger partial charge in [0.1, 0.15) is 0 Å². The fourth-order valence-electron chi connectivity index (χ4n) is 2.82. The van der Waals surface area contributed by atoms with E-state index in [1.165, 1.54) is 32.8 Å². The summed E-state index contributed by atoms with van der Waals surface area (Å²) >= 11 is 5.34. The normalized spacial score (nSPS) is 20.3. The second-order valence-electron chi connectivity index (χ2n) is 5.15. The van der Waals surface area contributed by atoms with E-state index in [0.29, 0.717) is 12.1 Å². The lowest BCUT2D eigenvalue weighted by atomic mass is 9.92. The predicted molar refractivity (Wildman–Crippen MR) is 82.5 cm³/mol. The van der Waals surface area contributed by atoms with E-state index in [2.05, 4.69) is 45.4 Å². The van der Waals surface area contributed by atoms with Crippen molar-refractivity contribution in [2.24, 2.45) is 7.05 Å². The molecule has 5 heteroatoms. The molecule has 2 aromatic rings. The molecule has 1 N–H and O–H groups in total. The maximum Gasteiger partial charge on any atom is 0.0701 e. The Morgan fingerprint density at radius 1 is 1.53 bits per heavy atom. The number of hydrogen-bond donors (Lipinski definition) is 1. The van der Waals surface area contributed by atoms with Crippen LogP contribution in [0.15, 0.2) is 22.1 Å². The molecule has 19 heavy (non-hydrogen) atoms. The number of nitrogens with zero attached hydrogens (tertiary/aromatic N) is 2. The minimum absolute atomic E-state index is 0.382. The lowest BCUT2D eigenvalue weighted by Crippen LogP contribution is -2.27. The van der Waals surface area contributed by atoms with Gasteiger partial charge >= 0.3 is 0 Å². The SMILES string of the molecule is CC(NC1CCCc2c1cnn2C)c1ccc(Br)s1. The van der Waals surface area contributed by atoms with Gasteiger partial charge in [-0.3, -0.25) is 4.68 Å².